The molecule has 0 unspecified atom stereocenters. The van der Waals surface area contributed by atoms with Gasteiger partial charge in [0.05, 0.1) is 31.4 Å². The number of anilines is 1. The molecule has 2 amide bonds. The van der Waals surface area contributed by atoms with Gasteiger partial charge in [-0.25, -0.2) is 8.42 Å². The van der Waals surface area contributed by atoms with Crippen LogP contribution in [0.15, 0.2) is 71.6 Å². The van der Waals surface area contributed by atoms with Crippen LogP contribution in [0.1, 0.15) is 33.3 Å². The number of hydrogen-bond donors (Lipinski definition) is 1. The zero-order valence-corrected chi connectivity index (χ0v) is 27.4. The van der Waals surface area contributed by atoms with E-state index in [-0.39, 0.29) is 34.7 Å². The number of nitrogens with one attached hydrogen (secondary N) is 1. The van der Waals surface area contributed by atoms with Crippen LogP contribution in [0.2, 0.25) is 5.02 Å². The Hall–Kier alpha value is -3.96. The molecule has 0 fully saturated rings. The summed E-state index contributed by atoms with van der Waals surface area (Å²) in [5.74, 6) is 0.363. The second kappa shape index (κ2) is 15.7. The number of hydrogen-bond acceptors (Lipinski definition) is 7. The molecule has 0 saturated carbocycles. The van der Waals surface area contributed by atoms with Crippen molar-refractivity contribution in [1.82, 2.24) is 10.2 Å². The van der Waals surface area contributed by atoms with Gasteiger partial charge in [-0.05, 0) is 73.9 Å². The number of carbonyl (C=O) groups is 2. The fraction of sp³-hybridized carbons (Fsp3) is 0.375. The first-order chi connectivity index (χ1) is 20.9. The molecule has 1 N–H and O–H groups in total. The van der Waals surface area contributed by atoms with E-state index in [2.05, 4.69) is 5.32 Å². The smallest absolute Gasteiger partial charge is 0.264 e. The molecule has 10 nitrogen and oxygen atoms in total. The highest BCUT2D eigenvalue weighted by atomic mass is 35.5. The average Bonchev–Trinajstić information content (AvgIpc) is 3.01. The molecular formula is C32H40ClN3O7S. The Labute approximate surface area is 264 Å². The minimum absolute atomic E-state index is 0.0309. The summed E-state index contributed by atoms with van der Waals surface area (Å²) in [6, 6.07) is 16.6. The van der Waals surface area contributed by atoms with Crippen LogP contribution in [0.25, 0.3) is 0 Å². The van der Waals surface area contributed by atoms with Gasteiger partial charge < -0.3 is 24.4 Å². The van der Waals surface area contributed by atoms with Crippen LogP contribution in [0, 0.1) is 5.92 Å². The van der Waals surface area contributed by atoms with Crippen molar-refractivity contribution >= 4 is 39.1 Å². The number of benzene rings is 3. The Balaban J connectivity index is 2.07. The molecule has 3 aromatic carbocycles. The Morgan fingerprint density at radius 2 is 1.61 bits per heavy atom. The normalized spacial score (nSPS) is 11.9. The fourth-order valence-corrected chi connectivity index (χ4v) is 6.02. The zero-order chi connectivity index (χ0) is 32.4. The SMILES string of the molecule is CCOc1ccc(N(CC(=O)N(Cc2cccc(Cl)c2)[C@@H](C)C(=O)NCC(C)C)S(=O)(=O)c2ccc(OC)c(OC)c2)cc1. The molecule has 0 aliphatic heterocycles. The Morgan fingerprint density at radius 3 is 2.20 bits per heavy atom. The summed E-state index contributed by atoms with van der Waals surface area (Å²) >= 11 is 6.21. The topological polar surface area (TPSA) is 114 Å². The lowest BCUT2D eigenvalue weighted by Crippen LogP contribution is -2.51. The maximum Gasteiger partial charge on any atom is 0.264 e. The van der Waals surface area contributed by atoms with Gasteiger partial charge >= 0.3 is 0 Å². The summed E-state index contributed by atoms with van der Waals surface area (Å²) in [6.45, 7) is 7.68. The molecule has 0 spiro atoms. The van der Waals surface area contributed by atoms with Crippen LogP contribution in [0.3, 0.4) is 0 Å². The van der Waals surface area contributed by atoms with Gasteiger partial charge in [-0.2, -0.15) is 0 Å². The Bertz CT molecular complexity index is 1530. The fourth-order valence-electron chi connectivity index (χ4n) is 4.38. The van der Waals surface area contributed by atoms with Crippen LogP contribution in [-0.2, 0) is 26.2 Å². The molecule has 0 aromatic heterocycles. The monoisotopic (exact) mass is 645 g/mol. The summed E-state index contributed by atoms with van der Waals surface area (Å²) in [5, 5.41) is 3.34. The minimum atomic E-state index is -4.32. The third-order valence-electron chi connectivity index (χ3n) is 6.75. The van der Waals surface area contributed by atoms with E-state index in [9.17, 15) is 18.0 Å². The van der Waals surface area contributed by atoms with Crippen molar-refractivity contribution in [2.75, 3.05) is 38.2 Å². The summed E-state index contributed by atoms with van der Waals surface area (Å²) in [4.78, 5) is 28.5. The van der Waals surface area contributed by atoms with Gasteiger partial charge in [-0.15, -0.1) is 0 Å². The van der Waals surface area contributed by atoms with Crippen LogP contribution < -0.4 is 23.8 Å². The second-order valence-electron chi connectivity index (χ2n) is 10.4. The summed E-state index contributed by atoms with van der Waals surface area (Å²) in [7, 11) is -1.47. The molecular weight excluding hydrogens is 606 g/mol. The number of nitrogens with zero attached hydrogens (tertiary/aromatic N) is 2. The molecule has 0 bridgehead atoms. The van der Waals surface area contributed by atoms with Gasteiger partial charge in [0.15, 0.2) is 11.5 Å². The standard InChI is InChI=1S/C32H40ClN3O7S/c1-7-43-27-13-11-26(12-14-27)36(44(39,40)28-15-16-29(41-5)30(18-28)42-6)21-31(37)35(20-24-9-8-10-25(33)17-24)23(4)32(38)34-19-22(2)3/h8-18,22-23H,7,19-21H2,1-6H3,(H,34,38)/t23-/m0/s1. The Morgan fingerprint density at radius 1 is 0.932 bits per heavy atom. The lowest BCUT2D eigenvalue weighted by molar-refractivity contribution is -0.139. The maximum absolute atomic E-state index is 14.2. The number of methoxy groups -OCH3 is 2. The molecule has 0 aliphatic carbocycles. The van der Waals surface area contributed by atoms with E-state index in [0.717, 1.165) is 4.31 Å². The van der Waals surface area contributed by atoms with Gasteiger partial charge in [0.2, 0.25) is 11.8 Å². The predicted octanol–water partition coefficient (Wildman–Crippen LogP) is 5.14. The van der Waals surface area contributed by atoms with Gasteiger partial charge in [0.1, 0.15) is 18.3 Å². The van der Waals surface area contributed by atoms with Gasteiger partial charge in [-0.3, -0.25) is 13.9 Å². The molecule has 0 radical (unpaired) electrons. The van der Waals surface area contributed by atoms with Crippen molar-refractivity contribution in [3.8, 4) is 17.2 Å². The van der Waals surface area contributed by atoms with E-state index >= 15 is 0 Å². The summed E-state index contributed by atoms with van der Waals surface area (Å²) in [5.41, 5.74) is 0.918. The van der Waals surface area contributed by atoms with Crippen LogP contribution >= 0.6 is 11.6 Å². The molecule has 12 heteroatoms. The highest BCUT2D eigenvalue weighted by molar-refractivity contribution is 7.92. The number of amides is 2. The second-order valence-corrected chi connectivity index (χ2v) is 12.7. The molecule has 1 atom stereocenters. The van der Waals surface area contributed by atoms with Crippen molar-refractivity contribution in [3.05, 3.63) is 77.3 Å². The number of rotatable bonds is 15. The number of ether oxygens (including phenoxy) is 3. The van der Waals surface area contributed by atoms with Crippen LogP contribution in [0.5, 0.6) is 17.2 Å². The average molecular weight is 646 g/mol. The molecule has 44 heavy (non-hydrogen) atoms. The first-order valence-corrected chi connectivity index (χ1v) is 16.0. The number of carbonyl (C=O) groups excluding carboxylic acids is 2. The van der Waals surface area contributed by atoms with Gasteiger partial charge in [-0.1, -0.05) is 37.6 Å². The highest BCUT2D eigenvalue weighted by Crippen LogP contribution is 2.33. The van der Waals surface area contributed by atoms with E-state index in [1.165, 1.54) is 37.3 Å². The molecule has 0 heterocycles. The van der Waals surface area contributed by atoms with E-state index in [1.807, 2.05) is 20.8 Å². The molecule has 0 aliphatic rings. The molecule has 3 rings (SSSR count). The van der Waals surface area contributed by atoms with Crippen molar-refractivity contribution < 1.29 is 32.2 Å². The van der Waals surface area contributed by atoms with Crippen molar-refractivity contribution in [1.29, 1.82) is 0 Å². The Kier molecular flexibility index (Phi) is 12.3. The van der Waals surface area contributed by atoms with E-state index in [0.29, 0.717) is 35.2 Å². The maximum atomic E-state index is 14.2. The quantitative estimate of drug-likeness (QED) is 0.243. The number of sulfonamides is 1. The first-order valence-electron chi connectivity index (χ1n) is 14.2. The lowest BCUT2D eigenvalue weighted by atomic mass is 10.1. The molecule has 0 saturated heterocycles. The largest absolute Gasteiger partial charge is 0.494 e. The van der Waals surface area contributed by atoms with Gasteiger partial charge in [0.25, 0.3) is 10.0 Å². The van der Waals surface area contributed by atoms with Crippen molar-refractivity contribution in [2.24, 2.45) is 5.92 Å². The third-order valence-corrected chi connectivity index (χ3v) is 8.76. The lowest BCUT2D eigenvalue weighted by Gasteiger charge is -2.32. The van der Waals surface area contributed by atoms with E-state index < -0.39 is 28.5 Å². The van der Waals surface area contributed by atoms with Gasteiger partial charge in [0, 0.05) is 24.2 Å². The molecule has 3 aromatic rings. The summed E-state index contributed by atoms with van der Waals surface area (Å²) < 4.78 is 45.5. The van der Waals surface area contributed by atoms with Crippen molar-refractivity contribution in [2.45, 2.75) is 45.2 Å². The van der Waals surface area contributed by atoms with E-state index in [4.69, 9.17) is 25.8 Å². The predicted molar refractivity (Wildman–Crippen MR) is 171 cm³/mol. The highest BCUT2D eigenvalue weighted by Gasteiger charge is 2.33. The number of halogens is 1. The summed E-state index contributed by atoms with van der Waals surface area (Å²) in [6.07, 6.45) is 0. The van der Waals surface area contributed by atoms with Crippen molar-refractivity contribution in [3.63, 3.8) is 0 Å². The third kappa shape index (κ3) is 8.79. The molecule has 238 valence electrons. The van der Waals surface area contributed by atoms with Crippen LogP contribution in [-0.4, -0.2) is 65.1 Å². The zero-order valence-electron chi connectivity index (χ0n) is 25.9. The van der Waals surface area contributed by atoms with E-state index in [1.54, 1.807) is 55.5 Å². The first kappa shape index (κ1) is 34.5. The van der Waals surface area contributed by atoms with Crippen LogP contribution in [0.4, 0.5) is 5.69 Å². The minimum Gasteiger partial charge on any atom is -0.494 e.